The molecule has 0 bridgehead atoms. The third-order valence-corrected chi connectivity index (χ3v) is 4.47. The number of pyridine rings is 1. The minimum absolute atomic E-state index is 0.00173. The van der Waals surface area contributed by atoms with E-state index in [1.165, 1.54) is 17.3 Å². The number of allylic oxidation sites excluding steroid dienone is 1. The van der Waals surface area contributed by atoms with Gasteiger partial charge >= 0.3 is 0 Å². The molecule has 0 radical (unpaired) electrons. The monoisotopic (exact) mass is 336 g/mol. The second-order valence-electron chi connectivity index (χ2n) is 5.66. The van der Waals surface area contributed by atoms with Crippen molar-refractivity contribution in [1.29, 1.82) is 0 Å². The summed E-state index contributed by atoms with van der Waals surface area (Å²) in [6.07, 6.45) is 6.31. The Balaban J connectivity index is 1.78. The second kappa shape index (κ2) is 9.70. The van der Waals surface area contributed by atoms with E-state index in [0.717, 1.165) is 11.3 Å². The lowest BCUT2D eigenvalue weighted by Crippen LogP contribution is -2.51. The first-order valence-electron chi connectivity index (χ1n) is 7.80. The van der Waals surface area contributed by atoms with Crippen molar-refractivity contribution in [3.8, 4) is 0 Å². The van der Waals surface area contributed by atoms with Crippen LogP contribution in [0.3, 0.4) is 0 Å². The fourth-order valence-corrected chi connectivity index (χ4v) is 2.92. The van der Waals surface area contributed by atoms with Crippen LogP contribution in [0.15, 0.2) is 41.1 Å². The molecule has 1 aliphatic rings. The molecular weight excluding hydrogens is 312 g/mol. The summed E-state index contributed by atoms with van der Waals surface area (Å²) in [5, 5.41) is 3.03. The topological polar surface area (TPSA) is 60.5 Å². The van der Waals surface area contributed by atoms with Crippen molar-refractivity contribution >= 4 is 17.7 Å². The molecule has 1 saturated heterocycles. The van der Waals surface area contributed by atoms with Crippen LogP contribution in [0.2, 0.25) is 0 Å². The van der Waals surface area contributed by atoms with Gasteiger partial charge in [-0.05, 0) is 32.4 Å². The van der Waals surface area contributed by atoms with E-state index < -0.39 is 0 Å². The highest BCUT2D eigenvalue weighted by Gasteiger charge is 2.27. The standard InChI is InChI=1S/C17H24N2O3S/c1-13(2)5-10-22-16-6-9-21-11-15(16)19-17(20)12-23-14-3-7-18-8-4-14/h3-5,7-8,15-16H,6,9-12H2,1-2H3,(H,19,20)/t15-,16+/m0/s1. The summed E-state index contributed by atoms with van der Waals surface area (Å²) in [5.41, 5.74) is 1.23. The number of rotatable bonds is 7. The lowest BCUT2D eigenvalue weighted by atomic mass is 10.1. The van der Waals surface area contributed by atoms with Gasteiger partial charge in [0.25, 0.3) is 0 Å². The largest absolute Gasteiger partial charge is 0.379 e. The fraction of sp³-hybridized carbons (Fsp3) is 0.529. The number of nitrogens with zero attached hydrogens (tertiary/aromatic N) is 1. The van der Waals surface area contributed by atoms with Crippen molar-refractivity contribution in [2.75, 3.05) is 25.6 Å². The summed E-state index contributed by atoms with van der Waals surface area (Å²) in [5.74, 6) is 0.374. The van der Waals surface area contributed by atoms with Gasteiger partial charge in [0.15, 0.2) is 0 Å². The van der Waals surface area contributed by atoms with Crippen molar-refractivity contribution in [1.82, 2.24) is 10.3 Å². The molecule has 6 heteroatoms. The molecule has 0 saturated carbocycles. The maximum absolute atomic E-state index is 12.1. The lowest BCUT2D eigenvalue weighted by Gasteiger charge is -2.31. The highest BCUT2D eigenvalue weighted by molar-refractivity contribution is 8.00. The molecule has 1 fully saturated rings. The van der Waals surface area contributed by atoms with Crippen LogP contribution < -0.4 is 5.32 Å². The van der Waals surface area contributed by atoms with Gasteiger partial charge in [-0.1, -0.05) is 11.6 Å². The number of hydrogen-bond donors (Lipinski definition) is 1. The number of nitrogens with one attached hydrogen (secondary N) is 1. The number of carbonyl (C=O) groups excluding carboxylic acids is 1. The van der Waals surface area contributed by atoms with Gasteiger partial charge < -0.3 is 14.8 Å². The van der Waals surface area contributed by atoms with Crippen LogP contribution in [0.4, 0.5) is 0 Å². The number of carbonyl (C=O) groups is 1. The fourth-order valence-electron chi connectivity index (χ4n) is 2.22. The summed E-state index contributed by atoms with van der Waals surface area (Å²) in [4.78, 5) is 17.1. The molecule has 0 unspecified atom stereocenters. The Kier molecular flexibility index (Phi) is 7.58. The molecule has 0 spiro atoms. The minimum atomic E-state index is -0.0835. The number of hydrogen-bond acceptors (Lipinski definition) is 5. The van der Waals surface area contributed by atoms with E-state index in [9.17, 15) is 4.79 Å². The van der Waals surface area contributed by atoms with Gasteiger partial charge in [0.05, 0.1) is 31.1 Å². The Hall–Kier alpha value is -1.37. The molecule has 0 aliphatic carbocycles. The average Bonchev–Trinajstić information content (AvgIpc) is 2.55. The van der Waals surface area contributed by atoms with Crippen molar-refractivity contribution in [2.45, 2.75) is 37.3 Å². The summed E-state index contributed by atoms with van der Waals surface area (Å²) in [7, 11) is 0. The predicted molar refractivity (Wildman–Crippen MR) is 91.5 cm³/mol. The Morgan fingerprint density at radius 1 is 1.48 bits per heavy atom. The summed E-state index contributed by atoms with van der Waals surface area (Å²) in [6.45, 7) is 5.85. The van der Waals surface area contributed by atoms with E-state index in [0.29, 0.717) is 25.6 Å². The first-order chi connectivity index (χ1) is 11.1. The normalized spacial score (nSPS) is 20.8. The minimum Gasteiger partial charge on any atom is -0.379 e. The van der Waals surface area contributed by atoms with Crippen LogP contribution in [-0.2, 0) is 14.3 Å². The van der Waals surface area contributed by atoms with Gasteiger partial charge in [-0.2, -0.15) is 0 Å². The Morgan fingerprint density at radius 2 is 2.26 bits per heavy atom. The number of amides is 1. The van der Waals surface area contributed by atoms with Crippen LogP contribution >= 0.6 is 11.8 Å². The molecule has 2 rings (SSSR count). The summed E-state index contributed by atoms with van der Waals surface area (Å²) >= 11 is 1.50. The van der Waals surface area contributed by atoms with Crippen LogP contribution in [0.25, 0.3) is 0 Å². The van der Waals surface area contributed by atoms with E-state index >= 15 is 0 Å². The van der Waals surface area contributed by atoms with Crippen LogP contribution in [-0.4, -0.2) is 48.6 Å². The van der Waals surface area contributed by atoms with Gasteiger partial charge in [-0.15, -0.1) is 11.8 Å². The quantitative estimate of drug-likeness (QED) is 0.612. The Bertz CT molecular complexity index is 518. The molecule has 1 aromatic heterocycles. The zero-order valence-electron chi connectivity index (χ0n) is 13.7. The average molecular weight is 336 g/mol. The molecule has 23 heavy (non-hydrogen) atoms. The predicted octanol–water partition coefficient (Wildman–Crippen LogP) is 2.43. The van der Waals surface area contributed by atoms with E-state index in [1.807, 2.05) is 32.1 Å². The third-order valence-electron chi connectivity index (χ3n) is 3.46. The number of ether oxygens (including phenoxy) is 2. The van der Waals surface area contributed by atoms with Gasteiger partial charge in [0.1, 0.15) is 0 Å². The van der Waals surface area contributed by atoms with Crippen LogP contribution in [0.1, 0.15) is 20.3 Å². The molecule has 1 aliphatic heterocycles. The zero-order valence-corrected chi connectivity index (χ0v) is 14.5. The van der Waals surface area contributed by atoms with E-state index in [1.54, 1.807) is 12.4 Å². The lowest BCUT2D eigenvalue weighted by molar-refractivity contribution is -0.123. The van der Waals surface area contributed by atoms with Crippen molar-refractivity contribution < 1.29 is 14.3 Å². The maximum atomic E-state index is 12.1. The Morgan fingerprint density at radius 3 is 3.00 bits per heavy atom. The molecule has 2 heterocycles. The van der Waals surface area contributed by atoms with Gasteiger partial charge in [-0.3, -0.25) is 9.78 Å². The molecule has 126 valence electrons. The second-order valence-corrected chi connectivity index (χ2v) is 6.71. The molecule has 1 aromatic rings. The van der Waals surface area contributed by atoms with Gasteiger partial charge in [-0.25, -0.2) is 0 Å². The highest BCUT2D eigenvalue weighted by atomic mass is 32.2. The van der Waals surface area contributed by atoms with E-state index in [-0.39, 0.29) is 18.1 Å². The first kappa shape index (κ1) is 18.0. The molecular formula is C17H24N2O3S. The van der Waals surface area contributed by atoms with Crippen LogP contribution in [0, 0.1) is 0 Å². The van der Waals surface area contributed by atoms with Gasteiger partial charge in [0.2, 0.25) is 5.91 Å². The number of thioether (sulfide) groups is 1. The molecule has 0 aromatic carbocycles. The van der Waals surface area contributed by atoms with E-state index in [2.05, 4.69) is 10.3 Å². The zero-order chi connectivity index (χ0) is 16.5. The van der Waals surface area contributed by atoms with Crippen molar-refractivity contribution in [3.05, 3.63) is 36.2 Å². The summed E-state index contributed by atoms with van der Waals surface area (Å²) < 4.78 is 11.4. The first-order valence-corrected chi connectivity index (χ1v) is 8.78. The Labute approximate surface area is 141 Å². The number of aromatic nitrogens is 1. The van der Waals surface area contributed by atoms with Crippen LogP contribution in [0.5, 0.6) is 0 Å². The molecule has 5 nitrogen and oxygen atoms in total. The molecule has 2 atom stereocenters. The highest BCUT2D eigenvalue weighted by Crippen LogP contribution is 2.17. The third kappa shape index (κ3) is 6.72. The smallest absolute Gasteiger partial charge is 0.230 e. The molecule has 1 N–H and O–H groups in total. The van der Waals surface area contributed by atoms with Gasteiger partial charge in [0, 0.05) is 23.9 Å². The molecule has 1 amide bonds. The summed E-state index contributed by atoms with van der Waals surface area (Å²) in [6, 6.07) is 3.71. The maximum Gasteiger partial charge on any atom is 0.230 e. The van der Waals surface area contributed by atoms with Crippen molar-refractivity contribution in [2.24, 2.45) is 0 Å². The van der Waals surface area contributed by atoms with Crippen molar-refractivity contribution in [3.63, 3.8) is 0 Å². The van der Waals surface area contributed by atoms with E-state index in [4.69, 9.17) is 9.47 Å². The SMILES string of the molecule is CC(C)=CCO[C@@H]1CCOC[C@@H]1NC(=O)CSc1ccncc1.